The van der Waals surface area contributed by atoms with Gasteiger partial charge in [-0.3, -0.25) is 9.79 Å². The largest absolute Gasteiger partial charge is 0.370 e. The number of anilines is 1. The molecule has 4 rings (SSSR count). The quantitative estimate of drug-likeness (QED) is 0.516. The highest BCUT2D eigenvalue weighted by atomic mass is 32.2. The number of para-hydroxylation sites is 1. The van der Waals surface area contributed by atoms with Gasteiger partial charge in [0.05, 0.1) is 23.4 Å². The van der Waals surface area contributed by atoms with E-state index >= 15 is 0 Å². The second kappa shape index (κ2) is 8.00. The SMILES string of the molecule is NC(=O)CC1CN=C(c2cc3cccc(N(C(F)F)S(=O)(=O)c4cccs4)c3[nH]2)S1. The summed E-state index contributed by atoms with van der Waals surface area (Å²) in [5.41, 5.74) is 5.91. The van der Waals surface area contributed by atoms with Crippen LogP contribution in [0.4, 0.5) is 14.5 Å². The van der Waals surface area contributed by atoms with Crippen LogP contribution < -0.4 is 10.0 Å². The van der Waals surface area contributed by atoms with Gasteiger partial charge in [-0.15, -0.1) is 11.3 Å². The Morgan fingerprint density at radius 2 is 2.13 bits per heavy atom. The molecular weight excluding hydrogens is 454 g/mol. The standard InChI is InChI=1S/C18H16F2N4O3S3/c19-18(20)24(30(26,27)15-5-2-6-28-15)13-4-1-3-10-7-12(23-16(10)13)17-22-9-11(29-17)8-14(21)25/h1-7,11,18,23H,8-9H2,(H2,21,25). The molecule has 0 saturated heterocycles. The van der Waals surface area contributed by atoms with E-state index in [0.717, 1.165) is 11.3 Å². The van der Waals surface area contributed by atoms with E-state index in [0.29, 0.717) is 22.7 Å². The minimum absolute atomic E-state index is 0.0832. The highest BCUT2D eigenvalue weighted by molar-refractivity contribution is 8.15. The Morgan fingerprint density at radius 3 is 2.80 bits per heavy atom. The van der Waals surface area contributed by atoms with Gasteiger partial charge in [0.2, 0.25) is 5.91 Å². The van der Waals surface area contributed by atoms with Crippen molar-refractivity contribution in [2.75, 3.05) is 10.8 Å². The van der Waals surface area contributed by atoms with Gasteiger partial charge < -0.3 is 10.7 Å². The Morgan fingerprint density at radius 1 is 1.33 bits per heavy atom. The van der Waals surface area contributed by atoms with Gasteiger partial charge in [0.1, 0.15) is 9.25 Å². The molecule has 2 aromatic heterocycles. The van der Waals surface area contributed by atoms with Gasteiger partial charge in [-0.05, 0) is 23.6 Å². The Labute approximate surface area is 179 Å². The number of alkyl halides is 2. The number of H-pyrrole nitrogens is 1. The number of aromatic nitrogens is 1. The van der Waals surface area contributed by atoms with E-state index < -0.39 is 22.5 Å². The van der Waals surface area contributed by atoms with Crippen molar-refractivity contribution in [2.45, 2.75) is 22.4 Å². The molecule has 1 unspecified atom stereocenters. The van der Waals surface area contributed by atoms with Gasteiger partial charge in [-0.25, -0.2) is 12.7 Å². The molecule has 12 heteroatoms. The normalized spacial score (nSPS) is 16.9. The molecule has 1 amide bonds. The summed E-state index contributed by atoms with van der Waals surface area (Å²) in [6, 6.07) is 9.05. The lowest BCUT2D eigenvalue weighted by Crippen LogP contribution is -2.35. The third-order valence-electron chi connectivity index (χ3n) is 4.43. The van der Waals surface area contributed by atoms with Gasteiger partial charge in [-0.2, -0.15) is 8.78 Å². The number of sulfonamides is 1. The van der Waals surface area contributed by atoms with Crippen molar-refractivity contribution in [2.24, 2.45) is 10.7 Å². The van der Waals surface area contributed by atoms with Crippen molar-refractivity contribution in [1.82, 2.24) is 4.98 Å². The van der Waals surface area contributed by atoms with Crippen molar-refractivity contribution in [3.8, 4) is 0 Å². The second-order valence-corrected chi connectivity index (χ2v) is 10.8. The lowest BCUT2D eigenvalue weighted by Gasteiger charge is -2.23. The number of aromatic amines is 1. The predicted molar refractivity (Wildman–Crippen MR) is 115 cm³/mol. The molecule has 0 spiro atoms. The number of halogens is 2. The Bertz CT molecular complexity index is 1220. The van der Waals surface area contributed by atoms with Crippen LogP contribution in [0.3, 0.4) is 0 Å². The van der Waals surface area contributed by atoms with Gasteiger partial charge in [0.25, 0.3) is 10.0 Å². The number of benzene rings is 1. The zero-order chi connectivity index (χ0) is 21.5. The van der Waals surface area contributed by atoms with Gasteiger partial charge in [0, 0.05) is 17.1 Å². The molecule has 0 bridgehead atoms. The van der Waals surface area contributed by atoms with Gasteiger partial charge in [-0.1, -0.05) is 30.0 Å². The average Bonchev–Trinajstić information content (AvgIpc) is 3.41. The number of aliphatic imine (C=N–C) groups is 1. The molecule has 3 aromatic rings. The summed E-state index contributed by atoms with van der Waals surface area (Å²) in [4.78, 5) is 18.6. The Balaban J connectivity index is 1.74. The monoisotopic (exact) mass is 470 g/mol. The number of hydrogen-bond acceptors (Lipinski definition) is 6. The number of amides is 1. The third kappa shape index (κ3) is 3.82. The molecule has 1 aliphatic rings. The lowest BCUT2D eigenvalue weighted by atomic mass is 10.2. The summed E-state index contributed by atoms with van der Waals surface area (Å²) >= 11 is 2.24. The molecule has 1 atom stereocenters. The molecule has 1 aromatic carbocycles. The van der Waals surface area contributed by atoms with E-state index in [4.69, 9.17) is 5.73 Å². The number of rotatable bonds is 7. The number of hydrogen-bond donors (Lipinski definition) is 2. The molecule has 0 radical (unpaired) electrons. The summed E-state index contributed by atoms with van der Waals surface area (Å²) in [6.07, 6.45) is 0.182. The van der Waals surface area contributed by atoms with E-state index in [1.807, 2.05) is 0 Å². The smallest absolute Gasteiger partial charge is 0.328 e. The summed E-state index contributed by atoms with van der Waals surface area (Å²) in [5, 5.41) is 2.62. The minimum Gasteiger partial charge on any atom is -0.370 e. The number of carbonyl (C=O) groups is 1. The second-order valence-electron chi connectivity index (χ2n) is 6.49. The summed E-state index contributed by atoms with van der Waals surface area (Å²) in [7, 11) is -4.44. The van der Waals surface area contributed by atoms with E-state index in [2.05, 4.69) is 9.98 Å². The highest BCUT2D eigenvalue weighted by Gasteiger charge is 2.34. The molecule has 3 N–H and O–H groups in total. The summed E-state index contributed by atoms with van der Waals surface area (Å²) in [6.45, 7) is -2.85. The topological polar surface area (TPSA) is 109 Å². The maximum atomic E-state index is 13.9. The lowest BCUT2D eigenvalue weighted by molar-refractivity contribution is -0.117. The zero-order valence-corrected chi connectivity index (χ0v) is 17.7. The van der Waals surface area contributed by atoms with Crippen LogP contribution in [-0.2, 0) is 14.8 Å². The molecule has 0 fully saturated rings. The van der Waals surface area contributed by atoms with E-state index in [-0.39, 0.29) is 31.4 Å². The number of nitrogens with one attached hydrogen (secondary N) is 1. The first-order valence-electron chi connectivity index (χ1n) is 8.75. The molecule has 0 saturated carbocycles. The first-order chi connectivity index (χ1) is 14.3. The van der Waals surface area contributed by atoms with E-state index in [1.54, 1.807) is 12.1 Å². The molecule has 158 valence electrons. The van der Waals surface area contributed by atoms with E-state index in [9.17, 15) is 22.0 Å². The molecule has 7 nitrogen and oxygen atoms in total. The Kier molecular flexibility index (Phi) is 5.55. The minimum atomic E-state index is -4.44. The average molecular weight is 471 g/mol. The molecule has 0 aliphatic carbocycles. The van der Waals surface area contributed by atoms with Crippen LogP contribution in [0.5, 0.6) is 0 Å². The number of primary amides is 1. The van der Waals surface area contributed by atoms with Crippen LogP contribution in [0, 0.1) is 0 Å². The van der Waals surface area contributed by atoms with Crippen LogP contribution in [-0.4, -0.2) is 42.7 Å². The molecule has 3 heterocycles. The van der Waals surface area contributed by atoms with E-state index in [1.165, 1.54) is 41.4 Å². The van der Waals surface area contributed by atoms with Crippen molar-refractivity contribution in [3.63, 3.8) is 0 Å². The number of nitrogens with two attached hydrogens (primary N) is 1. The molecule has 30 heavy (non-hydrogen) atoms. The number of carbonyl (C=O) groups excluding carboxylic acids is 1. The number of thiophene rings is 1. The summed E-state index contributed by atoms with van der Waals surface area (Å²) < 4.78 is 53.6. The molecule has 1 aliphatic heterocycles. The first kappa shape index (κ1) is 20.8. The third-order valence-corrected chi connectivity index (χ3v) is 8.76. The van der Waals surface area contributed by atoms with Crippen molar-refractivity contribution < 1.29 is 22.0 Å². The van der Waals surface area contributed by atoms with Gasteiger partial charge in [0.15, 0.2) is 0 Å². The maximum absolute atomic E-state index is 13.9. The number of thioether (sulfide) groups is 1. The van der Waals surface area contributed by atoms with Crippen LogP contribution in [0.25, 0.3) is 10.9 Å². The Hall–Kier alpha value is -2.44. The zero-order valence-electron chi connectivity index (χ0n) is 15.3. The van der Waals surface area contributed by atoms with Crippen molar-refractivity contribution in [1.29, 1.82) is 0 Å². The molecular formula is C18H16F2N4O3S3. The summed E-state index contributed by atoms with van der Waals surface area (Å²) in [5.74, 6) is -0.422. The first-order valence-corrected chi connectivity index (χ1v) is 11.9. The number of fused-ring (bicyclic) bond motifs is 1. The van der Waals surface area contributed by atoms with Crippen molar-refractivity contribution in [3.05, 3.63) is 47.5 Å². The van der Waals surface area contributed by atoms with Crippen LogP contribution in [0.15, 0.2) is 51.0 Å². The van der Waals surface area contributed by atoms with Crippen LogP contribution in [0.1, 0.15) is 12.1 Å². The van der Waals surface area contributed by atoms with Gasteiger partial charge >= 0.3 is 6.55 Å². The van der Waals surface area contributed by atoms with Crippen LogP contribution in [0.2, 0.25) is 0 Å². The van der Waals surface area contributed by atoms with Crippen LogP contribution >= 0.6 is 23.1 Å². The highest BCUT2D eigenvalue weighted by Crippen LogP contribution is 2.36. The van der Waals surface area contributed by atoms with Crippen molar-refractivity contribution >= 4 is 60.7 Å². The fourth-order valence-corrected chi connectivity index (χ4v) is 6.69. The maximum Gasteiger partial charge on any atom is 0.328 e. The fraction of sp³-hybridized carbons (Fsp3) is 0.222. The number of nitrogens with zero attached hydrogens (tertiary/aromatic N) is 2. The fourth-order valence-electron chi connectivity index (χ4n) is 3.18. The predicted octanol–water partition coefficient (Wildman–Crippen LogP) is 3.38.